The maximum atomic E-state index is 12.4. The van der Waals surface area contributed by atoms with Crippen LogP contribution in [0.25, 0.3) is 0 Å². The highest BCUT2D eigenvalue weighted by molar-refractivity contribution is 7.89. The van der Waals surface area contributed by atoms with Gasteiger partial charge in [-0.1, -0.05) is 0 Å². The summed E-state index contributed by atoms with van der Waals surface area (Å²) >= 11 is 0. The Kier molecular flexibility index (Phi) is 4.85. The SMILES string of the molecule is COCC(C)N(C)S(=O)(=O)c1c(CO)n[nH]c1C. The van der Waals surface area contributed by atoms with E-state index in [0.29, 0.717) is 12.3 Å². The van der Waals surface area contributed by atoms with Crippen LogP contribution in [0.3, 0.4) is 0 Å². The number of nitrogens with zero attached hydrogens (tertiary/aromatic N) is 2. The maximum Gasteiger partial charge on any atom is 0.246 e. The molecule has 7 nitrogen and oxygen atoms in total. The molecule has 0 radical (unpaired) electrons. The van der Waals surface area contributed by atoms with E-state index in [1.54, 1.807) is 13.8 Å². The molecule has 1 aromatic rings. The zero-order chi connectivity index (χ0) is 13.9. The quantitative estimate of drug-likeness (QED) is 0.755. The van der Waals surface area contributed by atoms with E-state index in [0.717, 1.165) is 0 Å². The summed E-state index contributed by atoms with van der Waals surface area (Å²) in [7, 11) is -0.699. The van der Waals surface area contributed by atoms with Gasteiger partial charge in [-0.15, -0.1) is 0 Å². The van der Waals surface area contributed by atoms with Crippen LogP contribution in [-0.4, -0.2) is 54.8 Å². The standard InChI is InChI=1S/C10H19N3O4S/c1-7(6-17-4)13(3)18(15,16)10-8(2)11-12-9(10)5-14/h7,14H,5-6H2,1-4H3,(H,11,12). The summed E-state index contributed by atoms with van der Waals surface area (Å²) < 4.78 is 31.0. The molecule has 104 valence electrons. The Morgan fingerprint density at radius 2 is 2.17 bits per heavy atom. The highest BCUT2D eigenvalue weighted by atomic mass is 32.2. The predicted octanol–water partition coefficient (Wildman–Crippen LogP) is -0.134. The van der Waals surface area contributed by atoms with Crippen LogP contribution < -0.4 is 0 Å². The first-order valence-electron chi connectivity index (χ1n) is 5.47. The van der Waals surface area contributed by atoms with E-state index in [1.807, 2.05) is 0 Å². The van der Waals surface area contributed by atoms with Crippen molar-refractivity contribution in [3.63, 3.8) is 0 Å². The average molecular weight is 277 g/mol. The summed E-state index contributed by atoms with van der Waals surface area (Å²) in [6, 6.07) is -0.305. The maximum absolute atomic E-state index is 12.4. The van der Waals surface area contributed by atoms with Gasteiger partial charge in [0.05, 0.1) is 18.9 Å². The van der Waals surface area contributed by atoms with Gasteiger partial charge < -0.3 is 9.84 Å². The summed E-state index contributed by atoms with van der Waals surface area (Å²) in [5.74, 6) is 0. The van der Waals surface area contributed by atoms with Crippen molar-refractivity contribution in [2.75, 3.05) is 20.8 Å². The van der Waals surface area contributed by atoms with E-state index in [2.05, 4.69) is 10.2 Å². The number of sulfonamides is 1. The minimum absolute atomic E-state index is 0.0375. The third-order valence-electron chi connectivity index (χ3n) is 2.78. The monoisotopic (exact) mass is 277 g/mol. The third-order valence-corrected chi connectivity index (χ3v) is 4.95. The van der Waals surface area contributed by atoms with Gasteiger partial charge in [-0.05, 0) is 13.8 Å². The molecule has 0 fully saturated rings. The Bertz CT molecular complexity index is 497. The molecule has 1 heterocycles. The van der Waals surface area contributed by atoms with Gasteiger partial charge in [0.25, 0.3) is 0 Å². The zero-order valence-corrected chi connectivity index (χ0v) is 11.8. The van der Waals surface area contributed by atoms with Crippen LogP contribution >= 0.6 is 0 Å². The molecular weight excluding hydrogens is 258 g/mol. The van der Waals surface area contributed by atoms with Crippen LogP contribution in [0, 0.1) is 6.92 Å². The summed E-state index contributed by atoms with van der Waals surface area (Å²) in [6.45, 7) is 3.22. The van der Waals surface area contributed by atoms with Crippen LogP contribution in [0.4, 0.5) is 0 Å². The molecule has 2 N–H and O–H groups in total. The lowest BCUT2D eigenvalue weighted by Crippen LogP contribution is -2.38. The largest absolute Gasteiger partial charge is 0.390 e. The summed E-state index contributed by atoms with van der Waals surface area (Å²) in [4.78, 5) is 0.0375. The number of aromatic nitrogens is 2. The van der Waals surface area contributed by atoms with Gasteiger partial charge in [0.1, 0.15) is 10.6 Å². The van der Waals surface area contributed by atoms with E-state index in [1.165, 1.54) is 18.5 Å². The van der Waals surface area contributed by atoms with Crippen LogP contribution in [0.5, 0.6) is 0 Å². The molecule has 0 bridgehead atoms. The number of H-pyrrole nitrogens is 1. The number of methoxy groups -OCH3 is 1. The molecule has 0 saturated carbocycles. The van der Waals surface area contributed by atoms with Gasteiger partial charge in [-0.2, -0.15) is 9.40 Å². The molecule has 0 saturated heterocycles. The Morgan fingerprint density at radius 1 is 1.56 bits per heavy atom. The highest BCUT2D eigenvalue weighted by Gasteiger charge is 2.30. The molecule has 0 aliphatic rings. The number of rotatable bonds is 6. The van der Waals surface area contributed by atoms with Crippen LogP contribution in [-0.2, 0) is 21.4 Å². The van der Waals surface area contributed by atoms with Crippen LogP contribution in [0.2, 0.25) is 0 Å². The number of aromatic amines is 1. The number of nitrogens with one attached hydrogen (secondary N) is 1. The minimum Gasteiger partial charge on any atom is -0.390 e. The van der Waals surface area contributed by atoms with Crippen molar-refractivity contribution in [1.29, 1.82) is 0 Å². The van der Waals surface area contributed by atoms with Gasteiger partial charge in [-0.25, -0.2) is 8.42 Å². The molecule has 0 aromatic carbocycles. The number of ether oxygens (including phenoxy) is 1. The number of aryl methyl sites for hydroxylation is 1. The third kappa shape index (κ3) is 2.72. The Morgan fingerprint density at radius 3 is 2.67 bits per heavy atom. The van der Waals surface area contributed by atoms with E-state index in [4.69, 9.17) is 9.84 Å². The van der Waals surface area contributed by atoms with E-state index in [9.17, 15) is 8.42 Å². The lowest BCUT2D eigenvalue weighted by Gasteiger charge is -2.23. The molecule has 8 heteroatoms. The minimum atomic E-state index is -3.69. The van der Waals surface area contributed by atoms with Crippen LogP contribution in [0.15, 0.2) is 4.90 Å². The zero-order valence-electron chi connectivity index (χ0n) is 11.0. The lowest BCUT2D eigenvalue weighted by molar-refractivity contribution is 0.149. The van der Waals surface area contributed by atoms with Crippen molar-refractivity contribution < 1.29 is 18.3 Å². The molecule has 1 rings (SSSR count). The summed E-state index contributed by atoms with van der Waals surface area (Å²) in [5, 5.41) is 15.5. The molecule has 1 atom stereocenters. The average Bonchev–Trinajstić information content (AvgIpc) is 2.70. The van der Waals surface area contributed by atoms with Gasteiger partial charge in [0.2, 0.25) is 10.0 Å². The predicted molar refractivity (Wildman–Crippen MR) is 65.5 cm³/mol. The molecule has 0 spiro atoms. The fourth-order valence-electron chi connectivity index (χ4n) is 1.65. The fraction of sp³-hybridized carbons (Fsp3) is 0.700. The Hall–Kier alpha value is -0.960. The Balaban J connectivity index is 3.17. The van der Waals surface area contributed by atoms with E-state index >= 15 is 0 Å². The first-order chi connectivity index (χ1) is 8.36. The van der Waals surface area contributed by atoms with E-state index < -0.39 is 16.6 Å². The summed E-state index contributed by atoms with van der Waals surface area (Å²) in [6.07, 6.45) is 0. The second kappa shape index (κ2) is 5.79. The summed E-state index contributed by atoms with van der Waals surface area (Å²) in [5.41, 5.74) is 0.541. The number of hydrogen-bond donors (Lipinski definition) is 2. The first-order valence-corrected chi connectivity index (χ1v) is 6.92. The molecular formula is C10H19N3O4S. The number of aliphatic hydroxyl groups is 1. The van der Waals surface area contributed by atoms with Crippen molar-refractivity contribution in [1.82, 2.24) is 14.5 Å². The van der Waals surface area contributed by atoms with Crippen molar-refractivity contribution in [2.24, 2.45) is 0 Å². The van der Waals surface area contributed by atoms with Gasteiger partial charge in [-0.3, -0.25) is 5.10 Å². The smallest absolute Gasteiger partial charge is 0.246 e. The topological polar surface area (TPSA) is 95.5 Å². The first kappa shape index (κ1) is 15.1. The molecule has 0 amide bonds. The Labute approximate surface area is 107 Å². The molecule has 1 aromatic heterocycles. The lowest BCUT2D eigenvalue weighted by atomic mass is 10.4. The van der Waals surface area contributed by atoms with Crippen molar-refractivity contribution in [3.05, 3.63) is 11.4 Å². The van der Waals surface area contributed by atoms with Crippen molar-refractivity contribution in [3.8, 4) is 0 Å². The molecule has 0 aliphatic carbocycles. The van der Waals surface area contributed by atoms with Gasteiger partial charge in [0.15, 0.2) is 0 Å². The van der Waals surface area contributed by atoms with Gasteiger partial charge in [0, 0.05) is 20.2 Å². The second-order valence-corrected chi connectivity index (χ2v) is 6.04. The van der Waals surface area contributed by atoms with E-state index in [-0.39, 0.29) is 16.6 Å². The number of hydrogen-bond acceptors (Lipinski definition) is 5. The molecule has 0 aliphatic heterocycles. The van der Waals surface area contributed by atoms with Crippen LogP contribution in [0.1, 0.15) is 18.3 Å². The number of aliphatic hydroxyl groups excluding tert-OH is 1. The molecule has 1 unspecified atom stereocenters. The van der Waals surface area contributed by atoms with Crippen molar-refractivity contribution >= 4 is 10.0 Å². The number of likely N-dealkylation sites (N-methyl/N-ethyl adjacent to an activating group) is 1. The molecule has 18 heavy (non-hydrogen) atoms. The normalized spacial score (nSPS) is 14.1. The second-order valence-electron chi connectivity index (χ2n) is 4.11. The fourth-order valence-corrected chi connectivity index (χ4v) is 3.31. The highest BCUT2D eigenvalue weighted by Crippen LogP contribution is 2.22. The van der Waals surface area contributed by atoms with Gasteiger partial charge >= 0.3 is 0 Å². The van der Waals surface area contributed by atoms with Crippen molar-refractivity contribution in [2.45, 2.75) is 31.4 Å².